The predicted octanol–water partition coefficient (Wildman–Crippen LogP) is 3.82. The predicted molar refractivity (Wildman–Crippen MR) is 146 cm³/mol. The van der Waals surface area contributed by atoms with Gasteiger partial charge in [-0.3, -0.25) is 0 Å². The first-order valence-corrected chi connectivity index (χ1v) is 21.1. The van der Waals surface area contributed by atoms with Crippen molar-refractivity contribution < 1.29 is 32.2 Å². The number of benzene rings is 1. The van der Waals surface area contributed by atoms with E-state index in [-0.39, 0.29) is 17.9 Å². The van der Waals surface area contributed by atoms with Gasteiger partial charge in [0.05, 0.1) is 0 Å². The van der Waals surface area contributed by atoms with Crippen LogP contribution in [0.2, 0.25) is 22.8 Å². The van der Waals surface area contributed by atoms with Crippen molar-refractivity contribution in [3.05, 3.63) is 29.8 Å². The number of hydrogen-bond donors (Lipinski definition) is 1. The number of rotatable bonds is 14. The molecule has 206 valence electrons. The van der Waals surface area contributed by atoms with Crippen LogP contribution in [-0.4, -0.2) is 104 Å². The summed E-state index contributed by atoms with van der Waals surface area (Å²) in [5.74, 6) is 0.706. The second-order valence-corrected chi connectivity index (χ2v) is 25.0. The average Bonchev–Trinajstić information content (AvgIpc) is 3.22. The van der Waals surface area contributed by atoms with E-state index in [4.69, 9.17) is 13.9 Å². The quantitative estimate of drug-likeness (QED) is 0.321. The van der Waals surface area contributed by atoms with Crippen LogP contribution in [0.5, 0.6) is 5.75 Å². The molecule has 1 saturated heterocycles. The number of hydrogen-bond acceptors (Lipinski definition) is 6. The Labute approximate surface area is 221 Å². The Balaban J connectivity index is 2.54. The zero-order valence-corrected chi connectivity index (χ0v) is 26.3. The molecule has 1 aliphatic rings. The summed E-state index contributed by atoms with van der Waals surface area (Å²) in [6.07, 6.45) is -0.596. The molecule has 0 bridgehead atoms. The van der Waals surface area contributed by atoms with Crippen LogP contribution in [0, 0.1) is 0 Å². The molecule has 1 fully saturated rings. The molecule has 0 saturated carbocycles. The molecule has 0 spiro atoms. The van der Waals surface area contributed by atoms with E-state index >= 15 is 0 Å². The molecule has 1 N–H and O–H groups in total. The van der Waals surface area contributed by atoms with Crippen molar-refractivity contribution in [2.24, 2.45) is 0 Å². The Kier molecular flexibility index (Phi) is 11.8. The van der Waals surface area contributed by atoms with Crippen LogP contribution in [0.25, 0.3) is 0 Å². The minimum atomic E-state index is -3.58. The Hall–Kier alpha value is -1.10. The van der Waals surface area contributed by atoms with Crippen LogP contribution in [0.4, 0.5) is 4.79 Å². The molecule has 0 aliphatic carbocycles. The normalized spacial score (nSPS) is 21.7. The number of amides is 1. The standard InChI is InChI=1S/C24H43AsN2O7SSi/c1-8-36(9-2,10-3)34-18-23-22(15-20(17-32-6)27(23)24(28)29)25(35(30,31)26(4)5)16-19-11-13-21(33-7)14-12-19/h11-14,20,22-23H,8-10,15-18H2,1-7H3,(H,28,29)/t20-,22-,23+,25?/m0/s1. The monoisotopic (exact) mass is 606 g/mol. The van der Waals surface area contributed by atoms with Crippen LogP contribution < -0.4 is 4.74 Å². The van der Waals surface area contributed by atoms with Gasteiger partial charge in [0.1, 0.15) is 0 Å². The van der Waals surface area contributed by atoms with Gasteiger partial charge in [0.25, 0.3) is 0 Å². The summed E-state index contributed by atoms with van der Waals surface area (Å²) in [6.45, 7) is 6.85. The topological polar surface area (TPSA) is 106 Å². The van der Waals surface area contributed by atoms with Gasteiger partial charge in [-0.2, -0.15) is 0 Å². The summed E-state index contributed by atoms with van der Waals surface area (Å²) in [5.41, 5.74) is 0.914. The van der Waals surface area contributed by atoms with E-state index in [1.54, 1.807) is 28.3 Å². The third-order valence-corrected chi connectivity index (χ3v) is 25.6. The van der Waals surface area contributed by atoms with Gasteiger partial charge in [-0.25, -0.2) is 0 Å². The Morgan fingerprint density at radius 2 is 1.69 bits per heavy atom. The molecular formula is C24H43AsN2O7SSi. The molecule has 1 heterocycles. The van der Waals surface area contributed by atoms with E-state index < -0.39 is 48.3 Å². The fourth-order valence-electron chi connectivity index (χ4n) is 4.95. The second kappa shape index (κ2) is 13.6. The van der Waals surface area contributed by atoms with Gasteiger partial charge >= 0.3 is 222 Å². The van der Waals surface area contributed by atoms with Gasteiger partial charge in [-0.05, 0) is 0 Å². The molecule has 0 radical (unpaired) electrons. The number of carboxylic acid groups (broad SMARTS) is 1. The Morgan fingerprint density at radius 3 is 2.14 bits per heavy atom. The molecule has 1 aromatic rings. The summed E-state index contributed by atoms with van der Waals surface area (Å²) in [6, 6.07) is 9.36. The molecule has 4 atom stereocenters. The van der Waals surface area contributed by atoms with Crippen LogP contribution in [0.3, 0.4) is 0 Å². The first-order chi connectivity index (χ1) is 17.0. The van der Waals surface area contributed by atoms with E-state index in [1.807, 2.05) is 24.3 Å². The van der Waals surface area contributed by atoms with Gasteiger partial charge in [-0.15, -0.1) is 0 Å². The number of ether oxygens (including phenoxy) is 2. The summed E-state index contributed by atoms with van der Waals surface area (Å²) >= 11 is -2.78. The van der Waals surface area contributed by atoms with Crippen molar-refractivity contribution in [1.82, 2.24) is 9.21 Å². The van der Waals surface area contributed by atoms with E-state index in [9.17, 15) is 18.3 Å². The zero-order chi connectivity index (χ0) is 27.1. The number of methoxy groups -OCH3 is 2. The third kappa shape index (κ3) is 7.05. The second-order valence-electron chi connectivity index (χ2n) is 9.41. The Morgan fingerprint density at radius 1 is 1.11 bits per heavy atom. The first kappa shape index (κ1) is 31.1. The maximum atomic E-state index is 13.7. The molecule has 1 unspecified atom stereocenters. The molecule has 2 rings (SSSR count). The summed E-state index contributed by atoms with van der Waals surface area (Å²) in [4.78, 5) is 13.9. The third-order valence-electron chi connectivity index (χ3n) is 7.41. The van der Waals surface area contributed by atoms with Gasteiger partial charge in [0.2, 0.25) is 0 Å². The van der Waals surface area contributed by atoms with E-state index in [2.05, 4.69) is 20.8 Å². The van der Waals surface area contributed by atoms with E-state index in [0.29, 0.717) is 17.4 Å². The molecule has 1 aliphatic heterocycles. The van der Waals surface area contributed by atoms with E-state index in [0.717, 1.165) is 23.7 Å². The maximum absolute atomic E-state index is 13.7. The Bertz CT molecular complexity index is 936. The summed E-state index contributed by atoms with van der Waals surface area (Å²) in [7, 11) is 0.672. The van der Waals surface area contributed by atoms with Crippen molar-refractivity contribution in [2.75, 3.05) is 41.5 Å². The first-order valence-electron chi connectivity index (χ1n) is 12.5. The van der Waals surface area contributed by atoms with Crippen LogP contribution >= 0.6 is 0 Å². The molecule has 0 aromatic heterocycles. The number of likely N-dealkylation sites (tertiary alicyclic amines) is 1. The minimum absolute atomic E-state index is 0.226. The van der Waals surface area contributed by atoms with Crippen molar-refractivity contribution >= 4 is 36.2 Å². The van der Waals surface area contributed by atoms with Gasteiger partial charge in [0, 0.05) is 0 Å². The van der Waals surface area contributed by atoms with Gasteiger partial charge in [0.15, 0.2) is 0 Å². The average molecular weight is 607 g/mol. The van der Waals surface area contributed by atoms with Crippen LogP contribution in [0.1, 0.15) is 32.8 Å². The van der Waals surface area contributed by atoms with Gasteiger partial charge < -0.3 is 0 Å². The van der Waals surface area contributed by atoms with Crippen molar-refractivity contribution in [3.8, 4) is 5.75 Å². The molecular weight excluding hydrogens is 563 g/mol. The number of carbonyl (C=O) groups is 1. The summed E-state index contributed by atoms with van der Waals surface area (Å²) in [5, 5.41) is 10.6. The van der Waals surface area contributed by atoms with Crippen LogP contribution in [0.15, 0.2) is 24.3 Å². The van der Waals surface area contributed by atoms with Crippen molar-refractivity contribution in [2.45, 2.75) is 67.3 Å². The molecule has 1 aromatic carbocycles. The van der Waals surface area contributed by atoms with Crippen molar-refractivity contribution in [3.63, 3.8) is 0 Å². The van der Waals surface area contributed by atoms with Gasteiger partial charge in [-0.1, -0.05) is 0 Å². The number of nitrogens with zero attached hydrogens (tertiary/aromatic N) is 2. The van der Waals surface area contributed by atoms with Crippen LogP contribution in [-0.2, 0) is 22.7 Å². The molecule has 36 heavy (non-hydrogen) atoms. The summed E-state index contributed by atoms with van der Waals surface area (Å²) < 4.78 is 45.7. The SMILES string of the molecule is CC[Si](CC)(CC)OC[C@@H]1[C@@H]([As](Cc2ccc(OC)cc2)S(=O)(=O)N(C)C)C[C@@H](COC)N1C(=O)O. The molecule has 1 amide bonds. The fourth-order valence-corrected chi connectivity index (χ4v) is 20.3. The molecule has 12 heteroatoms. The fraction of sp³-hybridized carbons (Fsp3) is 0.708. The van der Waals surface area contributed by atoms with E-state index in [1.165, 1.54) is 9.21 Å². The zero-order valence-electron chi connectivity index (χ0n) is 22.6. The van der Waals surface area contributed by atoms with Crippen molar-refractivity contribution in [1.29, 1.82) is 0 Å². The molecule has 9 nitrogen and oxygen atoms in total.